The maximum atomic E-state index is 13.2. The molecule has 0 aliphatic rings. The molecule has 0 saturated heterocycles. The van der Waals surface area contributed by atoms with Crippen LogP contribution < -0.4 is 5.32 Å². The second-order valence-electron chi connectivity index (χ2n) is 7.26. The Kier molecular flexibility index (Phi) is 7.03. The number of rotatable bonds is 8. The molecule has 6 heteroatoms. The molecule has 0 spiro atoms. The van der Waals surface area contributed by atoms with Crippen LogP contribution in [0.2, 0.25) is 5.02 Å². The summed E-state index contributed by atoms with van der Waals surface area (Å²) in [5.41, 5.74) is 2.88. The molecule has 4 nitrogen and oxygen atoms in total. The van der Waals surface area contributed by atoms with Gasteiger partial charge in [-0.25, -0.2) is 4.98 Å². The van der Waals surface area contributed by atoms with Crippen molar-refractivity contribution in [3.05, 3.63) is 64.9 Å². The van der Waals surface area contributed by atoms with Crippen molar-refractivity contribution in [3.63, 3.8) is 0 Å². The second kappa shape index (κ2) is 9.48. The lowest BCUT2D eigenvalue weighted by atomic mass is 9.87. The number of carbonyl (C=O) groups is 1. The SMILES string of the molecule is CSCC[C@H](NC(=O)[C@H](c1ccc(Cl)cc1)C(C)C)c1nc2ccccc2[nH]1. The van der Waals surface area contributed by atoms with Crippen LogP contribution in [0.25, 0.3) is 11.0 Å². The Hall–Kier alpha value is -1.98. The maximum absolute atomic E-state index is 13.2. The van der Waals surface area contributed by atoms with Crippen LogP contribution in [-0.2, 0) is 4.79 Å². The van der Waals surface area contributed by atoms with Crippen molar-refractivity contribution in [2.45, 2.75) is 32.2 Å². The van der Waals surface area contributed by atoms with Crippen LogP contribution in [0.3, 0.4) is 0 Å². The fourth-order valence-electron chi connectivity index (χ4n) is 3.42. The molecule has 3 aromatic rings. The van der Waals surface area contributed by atoms with Gasteiger partial charge in [-0.2, -0.15) is 11.8 Å². The number of hydrogen-bond donors (Lipinski definition) is 2. The highest BCUT2D eigenvalue weighted by atomic mass is 35.5. The number of imidazole rings is 1. The first-order valence-corrected chi connectivity index (χ1v) is 11.3. The van der Waals surface area contributed by atoms with E-state index < -0.39 is 0 Å². The van der Waals surface area contributed by atoms with Gasteiger partial charge >= 0.3 is 0 Å². The number of benzene rings is 2. The van der Waals surface area contributed by atoms with Crippen molar-refractivity contribution >= 4 is 40.3 Å². The number of fused-ring (bicyclic) bond motifs is 1. The summed E-state index contributed by atoms with van der Waals surface area (Å²) in [4.78, 5) is 21.3. The van der Waals surface area contributed by atoms with E-state index >= 15 is 0 Å². The predicted molar refractivity (Wildman–Crippen MR) is 119 cm³/mol. The largest absolute Gasteiger partial charge is 0.346 e. The average Bonchev–Trinajstić information content (AvgIpc) is 3.10. The molecule has 3 rings (SSSR count). The van der Waals surface area contributed by atoms with E-state index in [4.69, 9.17) is 16.6 Å². The first-order chi connectivity index (χ1) is 13.5. The highest BCUT2D eigenvalue weighted by Gasteiger charge is 2.27. The van der Waals surface area contributed by atoms with Gasteiger partial charge in [0.15, 0.2) is 0 Å². The molecule has 2 aromatic carbocycles. The minimum atomic E-state index is -0.238. The second-order valence-corrected chi connectivity index (χ2v) is 8.68. The number of aromatic nitrogens is 2. The van der Waals surface area contributed by atoms with Crippen LogP contribution >= 0.6 is 23.4 Å². The molecule has 0 aliphatic heterocycles. The summed E-state index contributed by atoms with van der Waals surface area (Å²) in [7, 11) is 0. The smallest absolute Gasteiger partial charge is 0.228 e. The van der Waals surface area contributed by atoms with Crippen LogP contribution in [0.5, 0.6) is 0 Å². The lowest BCUT2D eigenvalue weighted by molar-refractivity contribution is -0.124. The third-order valence-corrected chi connectivity index (χ3v) is 5.74. The predicted octanol–water partition coefficient (Wildman–Crippen LogP) is 5.57. The Morgan fingerprint density at radius 3 is 2.54 bits per heavy atom. The van der Waals surface area contributed by atoms with E-state index in [2.05, 4.69) is 30.4 Å². The van der Waals surface area contributed by atoms with Gasteiger partial charge < -0.3 is 10.3 Å². The number of aromatic amines is 1. The molecule has 148 valence electrons. The number of nitrogens with zero attached hydrogens (tertiary/aromatic N) is 1. The quantitative estimate of drug-likeness (QED) is 0.505. The standard InChI is InChI=1S/C22H26ClN3OS/c1-14(2)20(15-8-10-16(23)11-9-15)22(27)26-19(12-13-28-3)21-24-17-6-4-5-7-18(17)25-21/h4-11,14,19-20H,12-13H2,1-3H3,(H,24,25)(H,26,27)/t19-,20-/m0/s1. The van der Waals surface area contributed by atoms with Crippen molar-refractivity contribution in [2.75, 3.05) is 12.0 Å². The lowest BCUT2D eigenvalue weighted by Gasteiger charge is -2.24. The Bertz CT molecular complexity index is 890. The third-order valence-electron chi connectivity index (χ3n) is 4.84. The summed E-state index contributed by atoms with van der Waals surface area (Å²) in [5, 5.41) is 3.92. The zero-order valence-corrected chi connectivity index (χ0v) is 18.0. The van der Waals surface area contributed by atoms with Gasteiger partial charge in [-0.3, -0.25) is 4.79 Å². The molecule has 1 heterocycles. The molecule has 2 N–H and O–H groups in total. The van der Waals surface area contributed by atoms with E-state index in [1.54, 1.807) is 11.8 Å². The monoisotopic (exact) mass is 415 g/mol. The summed E-state index contributed by atoms with van der Waals surface area (Å²) in [5.74, 6) is 1.69. The van der Waals surface area contributed by atoms with Crippen molar-refractivity contribution in [2.24, 2.45) is 5.92 Å². The first-order valence-electron chi connectivity index (χ1n) is 9.49. The lowest BCUT2D eigenvalue weighted by Crippen LogP contribution is -2.35. The summed E-state index contributed by atoms with van der Waals surface area (Å²) in [6, 6.07) is 15.3. The van der Waals surface area contributed by atoms with Gasteiger partial charge in [-0.15, -0.1) is 0 Å². The van der Waals surface area contributed by atoms with Gasteiger partial charge in [-0.1, -0.05) is 49.7 Å². The Morgan fingerprint density at radius 2 is 1.89 bits per heavy atom. The minimum absolute atomic E-state index is 0.0175. The molecule has 0 saturated carbocycles. The van der Waals surface area contributed by atoms with Crippen LogP contribution in [0, 0.1) is 5.92 Å². The fraction of sp³-hybridized carbons (Fsp3) is 0.364. The number of carbonyl (C=O) groups excluding carboxylic acids is 1. The minimum Gasteiger partial charge on any atom is -0.346 e. The molecule has 2 atom stereocenters. The molecule has 1 aromatic heterocycles. The van der Waals surface area contributed by atoms with Crippen LogP contribution in [-0.4, -0.2) is 27.9 Å². The number of thioether (sulfide) groups is 1. The Balaban J connectivity index is 1.85. The van der Waals surface area contributed by atoms with E-state index in [1.165, 1.54) is 0 Å². The van der Waals surface area contributed by atoms with Gasteiger partial charge in [0.1, 0.15) is 5.82 Å². The number of halogens is 1. The first kappa shape index (κ1) is 20.7. The van der Waals surface area contributed by atoms with Gasteiger partial charge in [0.25, 0.3) is 0 Å². The molecule has 0 fully saturated rings. The third kappa shape index (κ3) is 4.89. The molecule has 0 aliphatic carbocycles. The summed E-state index contributed by atoms with van der Waals surface area (Å²) in [6.07, 6.45) is 2.89. The molecule has 0 radical (unpaired) electrons. The molecular formula is C22H26ClN3OS. The van der Waals surface area contributed by atoms with Gasteiger partial charge in [0.05, 0.1) is 23.0 Å². The fourth-order valence-corrected chi connectivity index (χ4v) is 4.02. The van der Waals surface area contributed by atoms with Gasteiger partial charge in [-0.05, 0) is 54.2 Å². The van der Waals surface area contributed by atoms with E-state index in [0.717, 1.165) is 34.6 Å². The highest BCUT2D eigenvalue weighted by Crippen LogP contribution is 2.28. The van der Waals surface area contributed by atoms with Gasteiger partial charge in [0, 0.05) is 5.02 Å². The van der Waals surface area contributed by atoms with Crippen LogP contribution in [0.4, 0.5) is 0 Å². The summed E-state index contributed by atoms with van der Waals surface area (Å²) < 4.78 is 0. The Morgan fingerprint density at radius 1 is 1.18 bits per heavy atom. The Labute approximate surface area is 175 Å². The maximum Gasteiger partial charge on any atom is 0.228 e. The number of para-hydroxylation sites is 2. The number of amides is 1. The zero-order chi connectivity index (χ0) is 20.1. The number of hydrogen-bond acceptors (Lipinski definition) is 3. The zero-order valence-electron chi connectivity index (χ0n) is 16.4. The summed E-state index contributed by atoms with van der Waals surface area (Å²) >= 11 is 7.78. The number of H-pyrrole nitrogens is 1. The van der Waals surface area contributed by atoms with Gasteiger partial charge in [0.2, 0.25) is 5.91 Å². The molecule has 0 unspecified atom stereocenters. The van der Waals surface area contributed by atoms with Crippen molar-refractivity contribution < 1.29 is 4.79 Å². The number of nitrogens with one attached hydrogen (secondary N) is 2. The van der Waals surface area contributed by atoms with Crippen molar-refractivity contribution in [1.82, 2.24) is 15.3 Å². The van der Waals surface area contributed by atoms with Crippen LogP contribution in [0.15, 0.2) is 48.5 Å². The normalized spacial score (nSPS) is 13.6. The van der Waals surface area contributed by atoms with E-state index in [0.29, 0.717) is 5.02 Å². The highest BCUT2D eigenvalue weighted by molar-refractivity contribution is 7.98. The summed E-state index contributed by atoms with van der Waals surface area (Å²) in [6.45, 7) is 4.13. The van der Waals surface area contributed by atoms with Crippen LogP contribution in [0.1, 0.15) is 43.6 Å². The topological polar surface area (TPSA) is 57.8 Å². The van der Waals surface area contributed by atoms with E-state index in [-0.39, 0.29) is 23.8 Å². The molecular weight excluding hydrogens is 390 g/mol. The molecule has 0 bridgehead atoms. The van der Waals surface area contributed by atoms with E-state index in [1.807, 2.05) is 48.5 Å². The average molecular weight is 416 g/mol. The van der Waals surface area contributed by atoms with E-state index in [9.17, 15) is 4.79 Å². The van der Waals surface area contributed by atoms with Crippen molar-refractivity contribution in [1.29, 1.82) is 0 Å². The molecule has 1 amide bonds. The van der Waals surface area contributed by atoms with Crippen molar-refractivity contribution in [3.8, 4) is 0 Å². The molecule has 28 heavy (non-hydrogen) atoms.